The number of nitrogen functional groups attached to an aromatic ring is 1. The second-order valence-corrected chi connectivity index (χ2v) is 6.40. The Kier molecular flexibility index (Phi) is 7.23. The van der Waals surface area contributed by atoms with Gasteiger partial charge in [-0.1, -0.05) is 4.98 Å². The lowest BCUT2D eigenvalue weighted by Crippen LogP contribution is -2.55. The number of Topliss-reactive ketones (excluding diaryl/α,β-unsaturated/α-hetero) is 1. The lowest BCUT2D eigenvalue weighted by molar-refractivity contribution is -0.848. The van der Waals surface area contributed by atoms with Crippen LogP contribution in [0.15, 0.2) is 6.07 Å². The zero-order valence-corrected chi connectivity index (χ0v) is 14.9. The molecular formula is C13H21N5O7S. The topological polar surface area (TPSA) is 186 Å². The molecule has 5 N–H and O–H groups in total. The summed E-state index contributed by atoms with van der Waals surface area (Å²) in [6.45, 7) is 3.17. The lowest BCUT2D eigenvalue weighted by atomic mass is 10.1. The van der Waals surface area contributed by atoms with Crippen molar-refractivity contribution in [1.29, 1.82) is 0 Å². The van der Waals surface area contributed by atoms with E-state index in [-0.39, 0.29) is 17.8 Å². The van der Waals surface area contributed by atoms with Gasteiger partial charge in [-0.3, -0.25) is 14.1 Å². The first-order valence-electron chi connectivity index (χ1n) is 7.70. The number of amides is 1. The molecule has 0 spiro atoms. The van der Waals surface area contributed by atoms with Crippen LogP contribution in [0, 0.1) is 0 Å². The van der Waals surface area contributed by atoms with E-state index < -0.39 is 27.9 Å². The number of aromatic nitrogens is 2. The third-order valence-corrected chi connectivity index (χ3v) is 3.86. The van der Waals surface area contributed by atoms with Gasteiger partial charge in [0.05, 0.1) is 6.07 Å². The number of anilines is 2. The highest BCUT2D eigenvalue weighted by Crippen LogP contribution is 2.18. The number of hydrogen-bond donors (Lipinski definition) is 3. The van der Waals surface area contributed by atoms with Crippen LogP contribution in [0.5, 0.6) is 0 Å². The summed E-state index contributed by atoms with van der Waals surface area (Å²) >= 11 is 0. The standard InChI is InChI=1S/C13H19N5O6S.H2O/c1-2-15-13(20)11(19)12-16-10(17-6-4-3-5-7-17)8-9(14)18(12)24-25(21,22)23;/h8,14H,2-7H2,1H3,(H2,15,20,21,22,23);1H2. The molecule has 146 valence electrons. The average molecular weight is 391 g/mol. The van der Waals surface area contributed by atoms with Gasteiger partial charge in [-0.05, 0) is 30.9 Å². The number of rotatable bonds is 6. The van der Waals surface area contributed by atoms with Gasteiger partial charge in [0, 0.05) is 19.6 Å². The van der Waals surface area contributed by atoms with Crippen molar-refractivity contribution in [3.05, 3.63) is 11.9 Å². The number of piperidine rings is 1. The van der Waals surface area contributed by atoms with Crippen LogP contribution < -0.4 is 25.0 Å². The Bertz CT molecular complexity index is 777. The molecule has 0 aliphatic carbocycles. The van der Waals surface area contributed by atoms with Crippen molar-refractivity contribution < 1.29 is 37.1 Å². The molecule has 2 rings (SSSR count). The summed E-state index contributed by atoms with van der Waals surface area (Å²) < 4.78 is 35.5. The summed E-state index contributed by atoms with van der Waals surface area (Å²) in [5.41, 5.74) is 5.76. The largest absolute Gasteiger partial charge is 0.870 e. The van der Waals surface area contributed by atoms with E-state index in [1.165, 1.54) is 6.07 Å². The molecule has 0 atom stereocenters. The number of nitrogens with two attached hydrogens (primary N) is 1. The number of carbonyl (C=O) groups is 2. The molecule has 1 aromatic rings. The molecular weight excluding hydrogens is 370 g/mol. The summed E-state index contributed by atoms with van der Waals surface area (Å²) in [5.74, 6) is -2.78. The maximum absolute atomic E-state index is 12.3. The highest BCUT2D eigenvalue weighted by Gasteiger charge is 2.33. The van der Waals surface area contributed by atoms with Gasteiger partial charge in [0.15, 0.2) is 0 Å². The van der Waals surface area contributed by atoms with E-state index in [1.54, 1.807) is 6.92 Å². The van der Waals surface area contributed by atoms with Crippen molar-refractivity contribution in [2.75, 3.05) is 30.3 Å². The van der Waals surface area contributed by atoms with Gasteiger partial charge in [0.25, 0.3) is 11.7 Å². The quantitative estimate of drug-likeness (QED) is 0.219. The van der Waals surface area contributed by atoms with E-state index in [2.05, 4.69) is 14.6 Å². The van der Waals surface area contributed by atoms with Gasteiger partial charge in [0.2, 0.25) is 5.82 Å². The molecule has 13 heteroatoms. The number of hydrogen-bond acceptors (Lipinski definition) is 9. The fourth-order valence-corrected chi connectivity index (χ4v) is 2.79. The molecule has 2 heterocycles. The van der Waals surface area contributed by atoms with Gasteiger partial charge >= 0.3 is 22.0 Å². The van der Waals surface area contributed by atoms with Crippen molar-refractivity contribution in [2.24, 2.45) is 0 Å². The average Bonchev–Trinajstić information content (AvgIpc) is 2.55. The zero-order chi connectivity index (χ0) is 18.6. The normalized spacial score (nSPS) is 14.3. The Balaban J connectivity index is 0.00000338. The first kappa shape index (κ1) is 21.5. The zero-order valence-electron chi connectivity index (χ0n) is 14.1. The van der Waals surface area contributed by atoms with Crippen molar-refractivity contribution in [3.8, 4) is 0 Å². The molecule has 1 aliphatic heterocycles. The molecule has 1 amide bonds. The fourth-order valence-electron chi connectivity index (χ4n) is 2.44. The van der Waals surface area contributed by atoms with Gasteiger partial charge in [-0.15, -0.1) is 0 Å². The second-order valence-electron chi connectivity index (χ2n) is 5.40. The van der Waals surface area contributed by atoms with Crippen LogP contribution in [0.4, 0.5) is 11.6 Å². The summed E-state index contributed by atoms with van der Waals surface area (Å²) in [6, 6.07) is 1.31. The first-order chi connectivity index (χ1) is 11.7. The van der Waals surface area contributed by atoms with Crippen LogP contribution in [-0.4, -0.2) is 54.8 Å². The predicted molar refractivity (Wildman–Crippen MR) is 88.0 cm³/mol. The molecule has 1 aromatic heterocycles. The molecule has 0 unspecified atom stereocenters. The predicted octanol–water partition coefficient (Wildman–Crippen LogP) is -1.68. The van der Waals surface area contributed by atoms with Crippen molar-refractivity contribution in [1.82, 2.24) is 10.3 Å². The Morgan fingerprint density at radius 1 is 1.38 bits per heavy atom. The molecule has 12 nitrogen and oxygen atoms in total. The fraction of sp³-hybridized carbons (Fsp3) is 0.538. The highest BCUT2D eigenvalue weighted by molar-refractivity contribution is 7.80. The van der Waals surface area contributed by atoms with Crippen LogP contribution in [0.2, 0.25) is 0 Å². The minimum Gasteiger partial charge on any atom is -0.870 e. The van der Waals surface area contributed by atoms with Gasteiger partial charge in [-0.25, -0.2) is 4.28 Å². The molecule has 1 saturated heterocycles. The summed E-state index contributed by atoms with van der Waals surface area (Å²) in [6.07, 6.45) is 2.92. The molecule has 1 fully saturated rings. The lowest BCUT2D eigenvalue weighted by Gasteiger charge is -2.26. The molecule has 0 bridgehead atoms. The first-order valence-corrected chi connectivity index (χ1v) is 9.07. The van der Waals surface area contributed by atoms with E-state index in [0.29, 0.717) is 23.6 Å². The van der Waals surface area contributed by atoms with Crippen LogP contribution in [0.3, 0.4) is 0 Å². The van der Waals surface area contributed by atoms with Crippen molar-refractivity contribution >= 4 is 33.7 Å². The molecule has 0 radical (unpaired) electrons. The highest BCUT2D eigenvalue weighted by atomic mass is 32.3. The van der Waals surface area contributed by atoms with Crippen molar-refractivity contribution in [2.45, 2.75) is 26.2 Å². The number of nitrogens with one attached hydrogen (secondary N) is 1. The number of ketones is 1. The third kappa shape index (κ3) is 5.24. The van der Waals surface area contributed by atoms with E-state index in [1.807, 2.05) is 4.90 Å². The van der Waals surface area contributed by atoms with E-state index in [0.717, 1.165) is 19.3 Å². The maximum atomic E-state index is 12.3. The van der Waals surface area contributed by atoms with Crippen LogP contribution >= 0.6 is 0 Å². The molecule has 1 aliphatic rings. The van der Waals surface area contributed by atoms with Crippen LogP contribution in [0.25, 0.3) is 0 Å². The number of nitrogens with zero attached hydrogens (tertiary/aromatic N) is 3. The minimum atomic E-state index is -4.99. The Morgan fingerprint density at radius 2 is 2.00 bits per heavy atom. The third-order valence-electron chi connectivity index (χ3n) is 3.52. The van der Waals surface area contributed by atoms with Gasteiger partial charge in [0.1, 0.15) is 0 Å². The Morgan fingerprint density at radius 3 is 2.54 bits per heavy atom. The summed E-state index contributed by atoms with van der Waals surface area (Å²) in [5, 5.41) is 2.29. The maximum Gasteiger partial charge on any atom is 0.476 e. The second kappa shape index (κ2) is 8.73. The Hall–Kier alpha value is -2.51. The SMILES string of the molecule is CCNC(=O)C(=O)c1nc(N2CCCCC2)cc(N)[n+]1OS(=O)(=O)O.[OH-]. The molecule has 26 heavy (non-hydrogen) atoms. The van der Waals surface area contributed by atoms with Crippen LogP contribution in [0.1, 0.15) is 36.8 Å². The number of carbonyl (C=O) groups excluding carboxylic acids is 2. The monoisotopic (exact) mass is 391 g/mol. The van der Waals surface area contributed by atoms with Crippen molar-refractivity contribution in [3.63, 3.8) is 0 Å². The van der Waals surface area contributed by atoms with E-state index in [9.17, 15) is 18.0 Å². The van der Waals surface area contributed by atoms with Gasteiger partial charge in [-0.2, -0.15) is 8.42 Å². The van der Waals surface area contributed by atoms with E-state index in [4.69, 9.17) is 10.3 Å². The minimum absolute atomic E-state index is 0. The molecule has 0 aromatic carbocycles. The summed E-state index contributed by atoms with van der Waals surface area (Å²) in [4.78, 5) is 30.0. The summed E-state index contributed by atoms with van der Waals surface area (Å²) in [7, 11) is -4.99. The molecule has 0 saturated carbocycles. The Labute approximate surface area is 150 Å². The smallest absolute Gasteiger partial charge is 0.476 e. The van der Waals surface area contributed by atoms with E-state index >= 15 is 0 Å². The number of likely N-dealkylation sites (N-methyl/N-ethyl adjacent to an activating group) is 1. The van der Waals surface area contributed by atoms with Gasteiger partial charge < -0.3 is 21.4 Å². The van der Waals surface area contributed by atoms with Crippen LogP contribution in [-0.2, 0) is 15.2 Å².